The number of phosphoric acid groups is 2. The summed E-state index contributed by atoms with van der Waals surface area (Å²) in [7, 11) is -9.91. The lowest BCUT2D eigenvalue weighted by molar-refractivity contribution is -0.161. The summed E-state index contributed by atoms with van der Waals surface area (Å²) in [6.45, 7) is 14.1. The normalized spacial score (nSPS) is 14.2. The number of carbonyl (C=O) groups excluding carboxylic acids is 4. The van der Waals surface area contributed by atoms with Gasteiger partial charge in [-0.1, -0.05) is 312 Å². The van der Waals surface area contributed by atoms with Gasteiger partial charge in [-0.25, -0.2) is 9.13 Å². The van der Waals surface area contributed by atoms with Crippen LogP contribution in [0.3, 0.4) is 0 Å². The maximum Gasteiger partial charge on any atom is 0.472 e. The Kier molecular flexibility index (Phi) is 61.3. The molecule has 0 saturated heterocycles. The summed E-state index contributed by atoms with van der Waals surface area (Å²) >= 11 is 0. The quantitative estimate of drug-likeness (QED) is 0.0222. The molecular weight excluding hydrogens is 1210 g/mol. The van der Waals surface area contributed by atoms with Crippen LogP contribution in [0.15, 0.2) is 0 Å². The third-order valence-corrected chi connectivity index (χ3v) is 18.7. The monoisotopic (exact) mass is 1350 g/mol. The zero-order chi connectivity index (χ0) is 68.2. The minimum atomic E-state index is -4.96. The molecule has 0 amide bonds. The maximum atomic E-state index is 13.0. The highest BCUT2D eigenvalue weighted by atomic mass is 31.2. The number of aliphatic hydroxyl groups excluding tert-OH is 1. The fourth-order valence-electron chi connectivity index (χ4n) is 11.0. The van der Waals surface area contributed by atoms with E-state index in [0.717, 1.165) is 114 Å². The van der Waals surface area contributed by atoms with E-state index < -0.39 is 97.5 Å². The summed E-state index contributed by atoms with van der Waals surface area (Å²) < 4.78 is 68.4. The molecule has 0 aromatic heterocycles. The number of unbranched alkanes of at least 4 members (excludes halogenated alkanes) is 36. The number of aliphatic hydroxyl groups is 1. The molecule has 5 atom stereocenters. The molecule has 546 valence electrons. The van der Waals surface area contributed by atoms with Crippen molar-refractivity contribution in [3.63, 3.8) is 0 Å². The molecule has 0 saturated carbocycles. The Bertz CT molecular complexity index is 1820. The van der Waals surface area contributed by atoms with Crippen LogP contribution >= 0.6 is 15.6 Å². The smallest absolute Gasteiger partial charge is 0.462 e. The van der Waals surface area contributed by atoms with Crippen molar-refractivity contribution in [2.24, 2.45) is 23.7 Å². The van der Waals surface area contributed by atoms with E-state index in [9.17, 15) is 43.2 Å². The van der Waals surface area contributed by atoms with Crippen LogP contribution in [0, 0.1) is 23.7 Å². The van der Waals surface area contributed by atoms with Crippen molar-refractivity contribution < 1.29 is 80.2 Å². The molecule has 0 bridgehead atoms. The molecule has 0 rings (SSSR count). The van der Waals surface area contributed by atoms with Crippen LogP contribution in [0.5, 0.6) is 0 Å². The van der Waals surface area contributed by atoms with Crippen LogP contribution in [-0.4, -0.2) is 96.7 Å². The molecule has 2 unspecified atom stereocenters. The Hall–Kier alpha value is -1.94. The van der Waals surface area contributed by atoms with Gasteiger partial charge < -0.3 is 33.8 Å². The lowest BCUT2D eigenvalue weighted by Crippen LogP contribution is -2.30. The Morgan fingerprint density at radius 3 is 0.674 bits per heavy atom. The van der Waals surface area contributed by atoms with Gasteiger partial charge in [-0.05, 0) is 49.4 Å². The van der Waals surface area contributed by atoms with Gasteiger partial charge in [-0.2, -0.15) is 0 Å². The fourth-order valence-corrected chi connectivity index (χ4v) is 12.6. The van der Waals surface area contributed by atoms with E-state index in [4.69, 9.17) is 37.0 Å². The second kappa shape index (κ2) is 62.6. The first-order chi connectivity index (χ1) is 44.1. The van der Waals surface area contributed by atoms with Crippen LogP contribution in [0.1, 0.15) is 364 Å². The van der Waals surface area contributed by atoms with Gasteiger partial charge >= 0.3 is 39.5 Å². The van der Waals surface area contributed by atoms with Crippen LogP contribution in [0.2, 0.25) is 0 Å². The van der Waals surface area contributed by atoms with Crippen molar-refractivity contribution in [2.75, 3.05) is 39.6 Å². The molecule has 17 nitrogen and oxygen atoms in total. The zero-order valence-corrected chi connectivity index (χ0v) is 62.0. The number of phosphoric ester groups is 2. The summed E-state index contributed by atoms with van der Waals surface area (Å²) in [5.74, 6) is 0.895. The number of rotatable bonds is 70. The average Bonchev–Trinajstić information content (AvgIpc) is 3.70. The molecule has 0 radical (unpaired) electrons. The number of hydrogen-bond donors (Lipinski definition) is 3. The SMILES string of the molecule is CC(C)CCCCCCCCCCCCCC(=O)O[C@H](COC(=O)CCCCCCCCCCCCC(C)C)COP(=O)(O)OC[C@@H](O)COP(=O)(O)OC[C@@H](COC(=O)CCCCCCCCCCCC(C)C)OC(=O)CCCCCCCCCCCCC(C)C. The lowest BCUT2D eigenvalue weighted by Gasteiger charge is -2.21. The highest BCUT2D eigenvalue weighted by Crippen LogP contribution is 2.45. The average molecular weight is 1350 g/mol. The first-order valence-electron chi connectivity index (χ1n) is 37.7. The second-order valence-electron chi connectivity index (χ2n) is 28.2. The van der Waals surface area contributed by atoms with E-state index in [1.165, 1.54) is 167 Å². The van der Waals surface area contributed by atoms with Crippen molar-refractivity contribution in [2.45, 2.75) is 382 Å². The fraction of sp³-hybridized carbons (Fsp3) is 0.945. The van der Waals surface area contributed by atoms with E-state index in [1.807, 2.05) is 0 Å². The van der Waals surface area contributed by atoms with E-state index in [-0.39, 0.29) is 25.7 Å². The van der Waals surface area contributed by atoms with Crippen molar-refractivity contribution in [1.82, 2.24) is 0 Å². The van der Waals surface area contributed by atoms with Gasteiger partial charge in [-0.15, -0.1) is 0 Å². The van der Waals surface area contributed by atoms with Gasteiger partial charge in [0.05, 0.1) is 26.4 Å². The van der Waals surface area contributed by atoms with Crippen LogP contribution in [0.25, 0.3) is 0 Å². The Labute approximate surface area is 562 Å². The topological polar surface area (TPSA) is 237 Å². The molecule has 3 N–H and O–H groups in total. The van der Waals surface area contributed by atoms with Crippen molar-refractivity contribution in [3.8, 4) is 0 Å². The molecule has 0 aromatic carbocycles. The number of esters is 4. The highest BCUT2D eigenvalue weighted by Gasteiger charge is 2.30. The second-order valence-corrected chi connectivity index (χ2v) is 31.1. The zero-order valence-electron chi connectivity index (χ0n) is 60.2. The summed E-state index contributed by atoms with van der Waals surface area (Å²) in [6.07, 6.45) is 45.7. The standard InChI is InChI=1S/C73H142O17P2/c1-63(2)49-41-33-25-17-10-9-11-22-31-39-47-55-72(77)89-68(59-83-70(75)53-45-37-29-21-14-12-18-26-34-42-50-64(3)4)61-87-91(79,80)85-57-67(74)58-86-92(81,82)88-62-69(60-84-71(76)54-46-38-30-24-16-20-28-36-44-52-66(7)8)90-73(78)56-48-40-32-23-15-13-19-27-35-43-51-65(5)6/h63-69,74H,9-62H2,1-8H3,(H,79,80)(H,81,82)/t67-,68-,69-/m1/s1. The third-order valence-electron chi connectivity index (χ3n) is 16.8. The first kappa shape index (κ1) is 90.1. The molecule has 92 heavy (non-hydrogen) atoms. The molecular formula is C73H142O17P2. The van der Waals surface area contributed by atoms with E-state index in [2.05, 4.69) is 55.4 Å². The molecule has 19 heteroatoms. The van der Waals surface area contributed by atoms with Gasteiger partial charge in [0.15, 0.2) is 12.2 Å². The Morgan fingerprint density at radius 2 is 0.457 bits per heavy atom. The number of hydrogen-bond acceptors (Lipinski definition) is 15. The van der Waals surface area contributed by atoms with Crippen molar-refractivity contribution >= 4 is 39.5 Å². The predicted molar refractivity (Wildman–Crippen MR) is 372 cm³/mol. The summed E-state index contributed by atoms with van der Waals surface area (Å²) in [4.78, 5) is 72.7. The lowest BCUT2D eigenvalue weighted by atomic mass is 10.0. The van der Waals surface area contributed by atoms with E-state index >= 15 is 0 Å². The van der Waals surface area contributed by atoms with Gasteiger partial charge in [0, 0.05) is 25.7 Å². The Morgan fingerprint density at radius 1 is 0.272 bits per heavy atom. The maximum absolute atomic E-state index is 13.0. The minimum Gasteiger partial charge on any atom is -0.462 e. The van der Waals surface area contributed by atoms with Gasteiger partial charge in [0.25, 0.3) is 0 Å². The van der Waals surface area contributed by atoms with Gasteiger partial charge in [0.2, 0.25) is 0 Å². The molecule has 0 fully saturated rings. The van der Waals surface area contributed by atoms with Crippen LogP contribution in [0.4, 0.5) is 0 Å². The molecule has 0 spiro atoms. The summed E-state index contributed by atoms with van der Waals surface area (Å²) in [5, 5.41) is 10.6. The largest absolute Gasteiger partial charge is 0.472 e. The molecule has 0 heterocycles. The highest BCUT2D eigenvalue weighted by molar-refractivity contribution is 7.47. The molecule has 0 aliphatic heterocycles. The first-order valence-corrected chi connectivity index (χ1v) is 40.7. The molecule has 0 aliphatic carbocycles. The van der Waals surface area contributed by atoms with Gasteiger partial charge in [-0.3, -0.25) is 37.3 Å². The van der Waals surface area contributed by atoms with E-state index in [1.54, 1.807) is 0 Å². The van der Waals surface area contributed by atoms with E-state index in [0.29, 0.717) is 25.7 Å². The third kappa shape index (κ3) is 66.7. The van der Waals surface area contributed by atoms with Crippen molar-refractivity contribution in [1.29, 1.82) is 0 Å². The predicted octanol–water partition coefficient (Wildman–Crippen LogP) is 20.9. The van der Waals surface area contributed by atoms with Crippen molar-refractivity contribution in [3.05, 3.63) is 0 Å². The Balaban J connectivity index is 5.28. The molecule has 0 aliphatic rings. The summed E-state index contributed by atoms with van der Waals surface area (Å²) in [6, 6.07) is 0. The minimum absolute atomic E-state index is 0.105. The number of ether oxygens (including phenoxy) is 4. The van der Waals surface area contributed by atoms with Crippen LogP contribution < -0.4 is 0 Å². The van der Waals surface area contributed by atoms with Crippen LogP contribution in [-0.2, 0) is 65.4 Å². The number of carbonyl (C=O) groups is 4. The van der Waals surface area contributed by atoms with Gasteiger partial charge in [0.1, 0.15) is 19.3 Å². The summed E-state index contributed by atoms with van der Waals surface area (Å²) in [5.41, 5.74) is 0. The molecule has 0 aromatic rings.